The summed E-state index contributed by atoms with van der Waals surface area (Å²) in [5.41, 5.74) is -7.42. The average molecular weight is 936 g/mol. The summed E-state index contributed by atoms with van der Waals surface area (Å²) in [6.07, 6.45) is -6.93. The molecule has 3 fully saturated rings. The number of carbonyl (C=O) groups is 7. The van der Waals surface area contributed by atoms with E-state index in [1.807, 2.05) is 0 Å². The molecule has 7 rings (SSSR count). The third-order valence-electron chi connectivity index (χ3n) is 14.1. The number of carbonyl (C=O) groups excluding carboxylic acids is 7. The molecule has 3 N–H and O–H groups in total. The maximum atomic E-state index is 15.5. The summed E-state index contributed by atoms with van der Waals surface area (Å²) in [5.74, 6) is -7.71. The number of aliphatic hydroxyl groups is 2. The predicted octanol–water partition coefficient (Wildman–Crippen LogP) is 5.25. The first-order valence-electron chi connectivity index (χ1n) is 22.6. The van der Waals surface area contributed by atoms with Gasteiger partial charge in [-0.2, -0.15) is 0 Å². The molecule has 0 unspecified atom stereocenters. The van der Waals surface area contributed by atoms with Gasteiger partial charge in [0.25, 0.3) is 5.91 Å². The average Bonchev–Trinajstić information content (AvgIpc) is 3.30. The minimum Gasteiger partial charge on any atom is -0.455 e. The van der Waals surface area contributed by atoms with Gasteiger partial charge >= 0.3 is 29.8 Å². The van der Waals surface area contributed by atoms with Crippen molar-refractivity contribution in [3.8, 4) is 0 Å². The highest BCUT2D eigenvalue weighted by molar-refractivity contribution is 5.96. The van der Waals surface area contributed by atoms with Crippen LogP contribution in [0.1, 0.15) is 99.0 Å². The van der Waals surface area contributed by atoms with E-state index in [4.69, 9.17) is 28.4 Å². The number of fused-ring (bicyclic) bond motifs is 5. The summed E-state index contributed by atoms with van der Waals surface area (Å²) < 4.78 is 36.4. The molecule has 68 heavy (non-hydrogen) atoms. The Morgan fingerprint density at radius 2 is 1.49 bits per heavy atom. The Bertz CT molecular complexity index is 2460. The molecule has 0 aromatic heterocycles. The molecule has 11 atom stereocenters. The minimum absolute atomic E-state index is 0.0536. The van der Waals surface area contributed by atoms with Crippen molar-refractivity contribution < 1.29 is 72.2 Å². The van der Waals surface area contributed by atoms with Crippen molar-refractivity contribution in [2.75, 3.05) is 6.61 Å². The number of ether oxygens (including phenoxy) is 6. The lowest BCUT2D eigenvalue weighted by Crippen LogP contribution is -2.81. The van der Waals surface area contributed by atoms with Crippen molar-refractivity contribution in [2.45, 2.75) is 121 Å². The van der Waals surface area contributed by atoms with Gasteiger partial charge in [-0.3, -0.25) is 24.0 Å². The normalized spacial score (nSPS) is 29.8. The van der Waals surface area contributed by atoms with E-state index in [9.17, 15) is 39.0 Å². The van der Waals surface area contributed by atoms with Crippen LogP contribution in [-0.2, 0) is 52.4 Å². The summed E-state index contributed by atoms with van der Waals surface area (Å²) >= 11 is 0. The number of nitrogens with one attached hydrogen (secondary N) is 1. The van der Waals surface area contributed by atoms with Gasteiger partial charge in [0.2, 0.25) is 6.10 Å². The molecule has 0 radical (unpaired) electrons. The number of unbranched alkanes of at least 4 members (excludes halogenated alkanes) is 1. The van der Waals surface area contributed by atoms with Crippen LogP contribution in [0.4, 0.5) is 0 Å². The number of aliphatic hydroxyl groups excluding tert-OH is 1. The maximum absolute atomic E-state index is 15.5. The van der Waals surface area contributed by atoms with Gasteiger partial charge in [-0.15, -0.1) is 6.58 Å². The van der Waals surface area contributed by atoms with Crippen molar-refractivity contribution >= 4 is 41.5 Å². The number of rotatable bonds is 15. The second kappa shape index (κ2) is 19.6. The number of hydrogen-bond acceptors (Lipinski definition) is 15. The van der Waals surface area contributed by atoms with Crippen LogP contribution in [0.25, 0.3) is 0 Å². The fraction of sp³-hybridized carbons (Fsp3) is 0.442. The lowest BCUT2D eigenvalue weighted by Gasteiger charge is -2.67. The first kappa shape index (κ1) is 49.4. The third kappa shape index (κ3) is 9.11. The maximum Gasteiger partial charge on any atom is 0.350 e. The van der Waals surface area contributed by atoms with Crippen molar-refractivity contribution in [3.05, 3.63) is 132 Å². The smallest absolute Gasteiger partial charge is 0.350 e. The fourth-order valence-corrected chi connectivity index (χ4v) is 10.4. The molecule has 3 aliphatic carbocycles. The van der Waals surface area contributed by atoms with Gasteiger partial charge in [-0.05, 0) is 61.2 Å². The molecule has 2 saturated carbocycles. The summed E-state index contributed by atoms with van der Waals surface area (Å²) in [6.45, 7) is 10.1. The summed E-state index contributed by atoms with van der Waals surface area (Å²) in [5, 5.41) is 28.7. The number of allylic oxidation sites excluding steroid dienone is 1. The molecular weight excluding hydrogens is 879 g/mol. The third-order valence-corrected chi connectivity index (χ3v) is 14.1. The number of esters is 5. The summed E-state index contributed by atoms with van der Waals surface area (Å²) in [6, 6.07) is 22.9. The minimum atomic E-state index is -2.43. The van der Waals surface area contributed by atoms with Crippen molar-refractivity contribution in [1.29, 1.82) is 0 Å². The molecule has 16 heteroatoms. The van der Waals surface area contributed by atoms with Crippen molar-refractivity contribution in [2.24, 2.45) is 16.7 Å². The number of benzene rings is 3. The lowest BCUT2D eigenvalue weighted by atomic mass is 9.45. The van der Waals surface area contributed by atoms with Gasteiger partial charge in [0.15, 0.2) is 17.5 Å². The van der Waals surface area contributed by atoms with E-state index in [0.29, 0.717) is 18.4 Å². The van der Waals surface area contributed by atoms with Crippen LogP contribution >= 0.6 is 0 Å². The van der Waals surface area contributed by atoms with Crippen LogP contribution in [-0.4, -0.2) is 106 Å². The second-order valence-electron chi connectivity index (χ2n) is 18.6. The zero-order valence-electron chi connectivity index (χ0n) is 38.6. The van der Waals surface area contributed by atoms with E-state index in [0.717, 1.165) is 13.8 Å². The topological polar surface area (TPSA) is 227 Å². The Balaban J connectivity index is 1.39. The Morgan fingerprint density at radius 3 is 2.06 bits per heavy atom. The van der Waals surface area contributed by atoms with Crippen LogP contribution < -0.4 is 5.32 Å². The van der Waals surface area contributed by atoms with Crippen LogP contribution in [0.5, 0.6) is 0 Å². The molecule has 3 aromatic carbocycles. The number of amides is 1. The zero-order chi connectivity index (χ0) is 49.2. The monoisotopic (exact) mass is 935 g/mol. The largest absolute Gasteiger partial charge is 0.455 e. The highest BCUT2D eigenvalue weighted by Gasteiger charge is 2.78. The van der Waals surface area contributed by atoms with E-state index in [1.165, 1.54) is 39.0 Å². The second-order valence-corrected chi connectivity index (χ2v) is 18.6. The van der Waals surface area contributed by atoms with Gasteiger partial charge in [-0.1, -0.05) is 86.7 Å². The predicted molar refractivity (Wildman–Crippen MR) is 241 cm³/mol. The molecule has 1 aliphatic heterocycles. The fourth-order valence-electron chi connectivity index (χ4n) is 10.4. The Morgan fingerprint density at radius 1 is 0.868 bits per heavy atom. The van der Waals surface area contributed by atoms with Crippen LogP contribution in [0, 0.1) is 16.7 Å². The molecule has 3 aromatic rings. The standard InChI is InChI=1S/C52H57NO15/c1-7-8-12-25-39(57)66-42(40(32-19-13-9-14-20-32)53-46(59)33-21-15-10-16-22-33)48(61)65-35-26-36-41(64-30(2)54)44(58)50(6)37(56)27-38-51(29-63-38,68-31(3)55)43(50)45(52(62,28-35)49(36,4)5)67-47(60)34-23-17-11-18-24-34/h7,9-11,13-24,26,35,37-38,40-43,45,56,62H,1,8,12,25,27-29H2,2-6H3,(H,53,59)/t35-,37+,38-,40+,41-,42-,43+,45+,50-,51+,52-/m1/s1. The summed E-state index contributed by atoms with van der Waals surface area (Å²) in [4.78, 5) is 98.4. The molecule has 360 valence electrons. The molecule has 1 amide bonds. The highest BCUT2D eigenvalue weighted by Crippen LogP contribution is 2.63. The van der Waals surface area contributed by atoms with Gasteiger partial charge in [0, 0.05) is 44.1 Å². The van der Waals surface area contributed by atoms with Gasteiger partial charge in [-0.25, -0.2) is 9.59 Å². The van der Waals surface area contributed by atoms with Crippen LogP contribution in [0.3, 0.4) is 0 Å². The molecular formula is C52H57NO15. The van der Waals surface area contributed by atoms with Gasteiger partial charge in [0.1, 0.15) is 30.0 Å². The van der Waals surface area contributed by atoms with E-state index in [-0.39, 0.29) is 36.1 Å². The molecule has 1 saturated heterocycles. The highest BCUT2D eigenvalue weighted by atomic mass is 16.6. The first-order valence-corrected chi connectivity index (χ1v) is 22.6. The molecule has 0 spiro atoms. The Labute approximate surface area is 394 Å². The molecule has 2 bridgehead atoms. The van der Waals surface area contributed by atoms with Crippen LogP contribution in [0.2, 0.25) is 0 Å². The van der Waals surface area contributed by atoms with Crippen molar-refractivity contribution in [1.82, 2.24) is 5.32 Å². The van der Waals surface area contributed by atoms with Gasteiger partial charge < -0.3 is 44.0 Å². The summed E-state index contributed by atoms with van der Waals surface area (Å²) in [7, 11) is 0. The van der Waals surface area contributed by atoms with Crippen LogP contribution in [0.15, 0.2) is 115 Å². The van der Waals surface area contributed by atoms with E-state index >= 15 is 4.79 Å². The number of hydrogen-bond donors (Lipinski definition) is 3. The molecule has 1 heterocycles. The number of Topliss-reactive ketones (excluding diaryl/α,β-unsaturated/α-hetero) is 1. The molecule has 4 aliphatic rings. The Hall–Kier alpha value is -6.49. The van der Waals surface area contributed by atoms with Crippen molar-refractivity contribution in [3.63, 3.8) is 0 Å². The quantitative estimate of drug-likeness (QED) is 0.0765. The lowest BCUT2D eigenvalue weighted by molar-refractivity contribution is -0.345. The van der Waals surface area contributed by atoms with E-state index in [2.05, 4.69) is 11.9 Å². The van der Waals surface area contributed by atoms with E-state index < -0.39 is 119 Å². The van der Waals surface area contributed by atoms with Gasteiger partial charge in [0.05, 0.1) is 29.6 Å². The zero-order valence-corrected chi connectivity index (χ0v) is 38.6. The SMILES string of the molecule is C=CCCCC(=O)O[C@@H](C(=O)O[C@@H]1C=C2[C@@H](OC(C)=O)C(=O)[C@@]3(C)[C@H]([C@H](OC(=O)c4ccccc4)[C@](O)(C1)C2(C)C)[C@]1(OC(C)=O)CO[C@@H]1C[C@@H]3O)[C@@H](NC(=O)c1ccccc1)c1ccccc1. The van der Waals surface area contributed by atoms with E-state index in [1.54, 1.807) is 84.9 Å². The Kier molecular flexibility index (Phi) is 14.3. The number of ketones is 1. The first-order chi connectivity index (χ1) is 32.3. The molecule has 16 nitrogen and oxygen atoms in total.